The van der Waals surface area contributed by atoms with Gasteiger partial charge in [-0.3, -0.25) is 0 Å². The zero-order valence-electron chi connectivity index (χ0n) is 12.3. The quantitative estimate of drug-likeness (QED) is 0.453. The zero-order chi connectivity index (χ0) is 13.8. The lowest BCUT2D eigenvalue weighted by atomic mass is 9.85. The molecule has 0 aromatic rings. The molecule has 0 heterocycles. The Bertz CT molecular complexity index is 328. The maximum absolute atomic E-state index is 14.0. The first-order valence-electron chi connectivity index (χ1n) is 7.07. The maximum Gasteiger partial charge on any atom is 0.241 e. The predicted octanol–water partition coefficient (Wildman–Crippen LogP) is 5.57. The second kappa shape index (κ2) is 6.55. The summed E-state index contributed by atoms with van der Waals surface area (Å²) in [6, 6.07) is 0. The lowest BCUT2D eigenvalue weighted by molar-refractivity contribution is 0.311. The monoisotopic (exact) mass is 270 g/mol. The first kappa shape index (κ1) is 15.5. The summed E-state index contributed by atoms with van der Waals surface area (Å²) in [4.78, 5) is 0. The average molecular weight is 270 g/mol. The van der Waals surface area contributed by atoms with Crippen LogP contribution in [0.25, 0.3) is 0 Å². The van der Waals surface area contributed by atoms with Crippen molar-refractivity contribution in [2.45, 2.75) is 65.1 Å². The van der Waals surface area contributed by atoms with Gasteiger partial charge in [0.2, 0.25) is 8.32 Å². The number of hydrogen-bond acceptors (Lipinski definition) is 1. The molecule has 0 saturated heterocycles. The molecule has 1 aliphatic rings. The van der Waals surface area contributed by atoms with E-state index in [2.05, 4.69) is 33.1 Å². The predicted molar refractivity (Wildman–Crippen MR) is 78.6 cm³/mol. The molecule has 1 atom stereocenters. The third-order valence-corrected chi connectivity index (χ3v) is 4.16. The van der Waals surface area contributed by atoms with Crippen molar-refractivity contribution in [1.82, 2.24) is 0 Å². The molecule has 0 bridgehead atoms. The van der Waals surface area contributed by atoms with Gasteiger partial charge in [0, 0.05) is 12.8 Å². The van der Waals surface area contributed by atoms with E-state index >= 15 is 0 Å². The topological polar surface area (TPSA) is 9.23 Å². The third kappa shape index (κ3) is 4.97. The summed E-state index contributed by atoms with van der Waals surface area (Å²) < 4.78 is 19.9. The summed E-state index contributed by atoms with van der Waals surface area (Å²) in [7, 11) is -1.68. The Morgan fingerprint density at radius 3 is 2.61 bits per heavy atom. The minimum absolute atomic E-state index is 0.0358. The minimum Gasteiger partial charge on any atom is -0.545 e. The molecule has 104 valence electrons. The summed E-state index contributed by atoms with van der Waals surface area (Å²) in [6.07, 6.45) is 5.62. The van der Waals surface area contributed by atoms with Gasteiger partial charge in [-0.15, -0.1) is 0 Å². The van der Waals surface area contributed by atoms with E-state index in [-0.39, 0.29) is 5.83 Å². The van der Waals surface area contributed by atoms with Crippen molar-refractivity contribution in [2.24, 2.45) is 5.92 Å². The summed E-state index contributed by atoms with van der Waals surface area (Å²) >= 11 is 0. The van der Waals surface area contributed by atoms with Gasteiger partial charge in [0.15, 0.2) is 0 Å². The van der Waals surface area contributed by atoms with Crippen LogP contribution in [-0.2, 0) is 4.43 Å². The first-order valence-corrected chi connectivity index (χ1v) is 10.5. The molecule has 0 radical (unpaired) electrons. The Labute approximate surface area is 112 Å². The fourth-order valence-corrected chi connectivity index (χ4v) is 3.26. The second-order valence-electron chi connectivity index (χ2n) is 6.24. The third-order valence-electron chi connectivity index (χ3n) is 3.31. The molecule has 0 aromatic heterocycles. The van der Waals surface area contributed by atoms with Crippen molar-refractivity contribution in [1.29, 1.82) is 0 Å². The highest BCUT2D eigenvalue weighted by Crippen LogP contribution is 2.36. The van der Waals surface area contributed by atoms with E-state index < -0.39 is 8.32 Å². The molecule has 0 amide bonds. The van der Waals surface area contributed by atoms with Gasteiger partial charge >= 0.3 is 0 Å². The van der Waals surface area contributed by atoms with Crippen molar-refractivity contribution in [3.05, 3.63) is 23.7 Å². The molecular formula is C15H27FOSi. The van der Waals surface area contributed by atoms with E-state index in [9.17, 15) is 4.39 Å². The molecule has 3 heteroatoms. The lowest BCUT2D eigenvalue weighted by Crippen LogP contribution is -2.27. The van der Waals surface area contributed by atoms with Crippen LogP contribution in [0.1, 0.15) is 45.4 Å². The molecule has 0 fully saturated rings. The SMILES string of the molecule is C=C(CCCC)C1CCC(O[Si](C)(C)C)=C(F)C1. The largest absolute Gasteiger partial charge is 0.545 e. The Kier molecular flexibility index (Phi) is 5.64. The van der Waals surface area contributed by atoms with Gasteiger partial charge in [-0.1, -0.05) is 25.5 Å². The van der Waals surface area contributed by atoms with Gasteiger partial charge in [-0.25, -0.2) is 4.39 Å². The number of allylic oxidation sites excluding steroid dienone is 3. The average Bonchev–Trinajstić information content (AvgIpc) is 2.27. The lowest BCUT2D eigenvalue weighted by Gasteiger charge is -2.29. The Balaban J connectivity index is 2.57. The van der Waals surface area contributed by atoms with Crippen molar-refractivity contribution in [2.75, 3.05) is 0 Å². The summed E-state index contributed by atoms with van der Waals surface area (Å²) in [5.41, 5.74) is 1.22. The molecule has 1 nitrogen and oxygen atoms in total. The normalized spacial score (nSPS) is 21.1. The smallest absolute Gasteiger partial charge is 0.241 e. The van der Waals surface area contributed by atoms with Gasteiger partial charge in [-0.05, 0) is 44.8 Å². The van der Waals surface area contributed by atoms with Crippen LogP contribution in [0.15, 0.2) is 23.7 Å². The van der Waals surface area contributed by atoms with Crippen LogP contribution in [0.5, 0.6) is 0 Å². The Morgan fingerprint density at radius 1 is 1.44 bits per heavy atom. The second-order valence-corrected chi connectivity index (χ2v) is 10.7. The van der Waals surface area contributed by atoms with E-state index in [0.29, 0.717) is 18.1 Å². The van der Waals surface area contributed by atoms with Gasteiger partial charge in [0.05, 0.1) is 0 Å². The standard InChI is InChI=1S/C15H27FOSi/c1-6-7-8-12(2)13-9-10-15(14(16)11-13)17-18(3,4)5/h13H,2,6-11H2,1,3-5H3. The molecule has 0 aromatic carbocycles. The van der Waals surface area contributed by atoms with Crippen LogP contribution >= 0.6 is 0 Å². The molecule has 0 aliphatic heterocycles. The number of unbranched alkanes of at least 4 members (excludes halogenated alkanes) is 1. The molecule has 18 heavy (non-hydrogen) atoms. The summed E-state index contributed by atoms with van der Waals surface area (Å²) in [5, 5.41) is 0. The number of halogens is 1. The first-order chi connectivity index (χ1) is 8.33. The van der Waals surface area contributed by atoms with Crippen molar-refractivity contribution < 1.29 is 8.82 Å². The fraction of sp³-hybridized carbons (Fsp3) is 0.733. The van der Waals surface area contributed by atoms with Gasteiger partial charge in [0.25, 0.3) is 0 Å². The zero-order valence-corrected chi connectivity index (χ0v) is 13.3. The molecule has 0 saturated carbocycles. The van der Waals surface area contributed by atoms with Crippen molar-refractivity contribution >= 4 is 8.32 Å². The highest BCUT2D eigenvalue weighted by Gasteiger charge is 2.27. The summed E-state index contributed by atoms with van der Waals surface area (Å²) in [6.45, 7) is 12.6. The van der Waals surface area contributed by atoms with Gasteiger partial charge < -0.3 is 4.43 Å². The molecule has 1 unspecified atom stereocenters. The van der Waals surface area contributed by atoms with Crippen LogP contribution < -0.4 is 0 Å². The molecular weight excluding hydrogens is 243 g/mol. The highest BCUT2D eigenvalue weighted by atomic mass is 28.4. The fourth-order valence-electron chi connectivity index (χ4n) is 2.31. The van der Waals surface area contributed by atoms with E-state index in [4.69, 9.17) is 4.43 Å². The van der Waals surface area contributed by atoms with E-state index in [1.54, 1.807) is 0 Å². The van der Waals surface area contributed by atoms with Crippen molar-refractivity contribution in [3.8, 4) is 0 Å². The number of hydrogen-bond donors (Lipinski definition) is 0. The maximum atomic E-state index is 14.0. The van der Waals surface area contributed by atoms with Gasteiger partial charge in [-0.2, -0.15) is 0 Å². The van der Waals surface area contributed by atoms with Crippen LogP contribution in [0.2, 0.25) is 19.6 Å². The highest BCUT2D eigenvalue weighted by molar-refractivity contribution is 6.70. The van der Waals surface area contributed by atoms with E-state index in [0.717, 1.165) is 19.3 Å². The molecule has 0 spiro atoms. The van der Waals surface area contributed by atoms with Crippen LogP contribution in [0.3, 0.4) is 0 Å². The van der Waals surface area contributed by atoms with E-state index in [1.807, 2.05) is 0 Å². The molecule has 1 rings (SSSR count). The van der Waals surface area contributed by atoms with Crippen LogP contribution in [-0.4, -0.2) is 8.32 Å². The van der Waals surface area contributed by atoms with Crippen LogP contribution in [0, 0.1) is 5.92 Å². The molecule has 0 N–H and O–H groups in total. The summed E-state index contributed by atoms with van der Waals surface area (Å²) in [5.74, 6) is 0.908. The van der Waals surface area contributed by atoms with E-state index in [1.165, 1.54) is 18.4 Å². The van der Waals surface area contributed by atoms with Crippen LogP contribution in [0.4, 0.5) is 4.39 Å². The van der Waals surface area contributed by atoms with Gasteiger partial charge in [0.1, 0.15) is 11.6 Å². The van der Waals surface area contributed by atoms with Crippen molar-refractivity contribution in [3.63, 3.8) is 0 Å². The Hall–Kier alpha value is -0.573. The minimum atomic E-state index is -1.68. The number of rotatable bonds is 6. The molecule has 1 aliphatic carbocycles. The Morgan fingerprint density at radius 2 is 2.11 bits per heavy atom.